The number of halogens is 1. The molecule has 0 radical (unpaired) electrons. The zero-order valence-corrected chi connectivity index (χ0v) is 14.8. The van der Waals surface area contributed by atoms with E-state index in [2.05, 4.69) is 15.0 Å². The van der Waals surface area contributed by atoms with Gasteiger partial charge in [0.1, 0.15) is 16.1 Å². The van der Waals surface area contributed by atoms with Crippen molar-refractivity contribution in [2.75, 3.05) is 0 Å². The van der Waals surface area contributed by atoms with E-state index in [1.54, 1.807) is 44.2 Å². The van der Waals surface area contributed by atoms with Gasteiger partial charge in [0.25, 0.3) is 0 Å². The highest BCUT2D eigenvalue weighted by Gasteiger charge is 2.27. The number of hydrogen-bond acceptors (Lipinski definition) is 4. The summed E-state index contributed by atoms with van der Waals surface area (Å²) in [4.78, 5) is 16.1. The Morgan fingerprint density at radius 3 is 2.33 bits per heavy atom. The molecule has 0 fully saturated rings. The van der Waals surface area contributed by atoms with E-state index in [9.17, 15) is 13.2 Å². The standard InChI is InChI=1S/C16H18ClN3O3S/c1-11(2)19-16(21)15(12-6-4-3-5-7-12)20-24(22,23)13-8-9-14(17)18-10-13/h3-11,15,20H,1-2H3,(H,19,21)/t15-/m0/s1. The fourth-order valence-electron chi connectivity index (χ4n) is 2.03. The predicted octanol–water partition coefficient (Wildman–Crippen LogP) is 2.28. The molecule has 1 amide bonds. The maximum atomic E-state index is 12.5. The highest BCUT2D eigenvalue weighted by atomic mass is 35.5. The number of rotatable bonds is 6. The van der Waals surface area contributed by atoms with Crippen LogP contribution in [0.4, 0.5) is 0 Å². The summed E-state index contributed by atoms with van der Waals surface area (Å²) in [6.07, 6.45) is 1.15. The molecule has 2 aromatic rings. The average Bonchev–Trinajstić information content (AvgIpc) is 2.53. The maximum absolute atomic E-state index is 12.5. The SMILES string of the molecule is CC(C)NC(=O)[C@@H](NS(=O)(=O)c1ccc(Cl)nc1)c1ccccc1. The summed E-state index contributed by atoms with van der Waals surface area (Å²) in [6.45, 7) is 3.61. The lowest BCUT2D eigenvalue weighted by atomic mass is 10.1. The fraction of sp³-hybridized carbons (Fsp3) is 0.250. The number of hydrogen-bond donors (Lipinski definition) is 2. The summed E-state index contributed by atoms with van der Waals surface area (Å²) in [5.74, 6) is -0.429. The quantitative estimate of drug-likeness (QED) is 0.766. The first-order valence-corrected chi connectivity index (χ1v) is 9.15. The van der Waals surface area contributed by atoms with Crippen molar-refractivity contribution in [2.24, 2.45) is 0 Å². The molecule has 0 saturated carbocycles. The summed E-state index contributed by atoms with van der Waals surface area (Å²) in [7, 11) is -3.94. The molecule has 1 heterocycles. The maximum Gasteiger partial charge on any atom is 0.243 e. The molecule has 0 aliphatic rings. The number of sulfonamides is 1. The first-order valence-electron chi connectivity index (χ1n) is 7.29. The topological polar surface area (TPSA) is 88.2 Å². The van der Waals surface area contributed by atoms with E-state index < -0.39 is 22.0 Å². The van der Waals surface area contributed by atoms with Gasteiger partial charge >= 0.3 is 0 Å². The Hall–Kier alpha value is -1.96. The van der Waals surface area contributed by atoms with Gasteiger partial charge in [-0.05, 0) is 31.5 Å². The van der Waals surface area contributed by atoms with Crippen molar-refractivity contribution < 1.29 is 13.2 Å². The first kappa shape index (κ1) is 18.4. The van der Waals surface area contributed by atoms with Gasteiger partial charge in [-0.1, -0.05) is 41.9 Å². The molecular formula is C16H18ClN3O3S. The summed E-state index contributed by atoms with van der Waals surface area (Å²) < 4.78 is 27.5. The predicted molar refractivity (Wildman–Crippen MR) is 92.0 cm³/mol. The van der Waals surface area contributed by atoms with Crippen molar-refractivity contribution in [1.29, 1.82) is 0 Å². The number of amides is 1. The average molecular weight is 368 g/mol. The van der Waals surface area contributed by atoms with Crippen LogP contribution >= 0.6 is 11.6 Å². The van der Waals surface area contributed by atoms with Crippen LogP contribution in [0, 0.1) is 0 Å². The number of carbonyl (C=O) groups is 1. The van der Waals surface area contributed by atoms with E-state index >= 15 is 0 Å². The number of nitrogens with one attached hydrogen (secondary N) is 2. The number of carbonyl (C=O) groups excluding carboxylic acids is 1. The molecular weight excluding hydrogens is 350 g/mol. The van der Waals surface area contributed by atoms with E-state index in [1.165, 1.54) is 12.1 Å². The third-order valence-corrected chi connectivity index (χ3v) is 4.74. The Bertz CT molecular complexity index is 793. The summed E-state index contributed by atoms with van der Waals surface area (Å²) in [5.41, 5.74) is 0.543. The highest BCUT2D eigenvalue weighted by Crippen LogP contribution is 2.18. The molecule has 0 spiro atoms. The number of benzene rings is 1. The number of aromatic nitrogens is 1. The summed E-state index contributed by atoms with van der Waals surface area (Å²) in [6, 6.07) is 10.2. The third-order valence-electron chi connectivity index (χ3n) is 3.11. The smallest absolute Gasteiger partial charge is 0.243 e. The van der Waals surface area contributed by atoms with Crippen LogP contribution in [0.5, 0.6) is 0 Å². The van der Waals surface area contributed by atoms with Gasteiger partial charge in [-0.2, -0.15) is 4.72 Å². The molecule has 0 aliphatic heterocycles. The second-order valence-corrected chi connectivity index (χ2v) is 7.55. The minimum Gasteiger partial charge on any atom is -0.352 e. The lowest BCUT2D eigenvalue weighted by Crippen LogP contribution is -2.42. The largest absolute Gasteiger partial charge is 0.352 e. The molecule has 0 saturated heterocycles. The van der Waals surface area contributed by atoms with Crippen molar-refractivity contribution in [1.82, 2.24) is 15.0 Å². The Labute approximate surface area is 146 Å². The zero-order chi connectivity index (χ0) is 17.7. The van der Waals surface area contributed by atoms with E-state index in [-0.39, 0.29) is 16.1 Å². The van der Waals surface area contributed by atoms with E-state index in [0.717, 1.165) is 6.20 Å². The van der Waals surface area contributed by atoms with Crippen LogP contribution in [0.25, 0.3) is 0 Å². The molecule has 0 unspecified atom stereocenters. The van der Waals surface area contributed by atoms with Gasteiger partial charge in [0.15, 0.2) is 0 Å². The second kappa shape index (κ2) is 7.74. The van der Waals surface area contributed by atoms with Gasteiger partial charge < -0.3 is 5.32 Å². The van der Waals surface area contributed by atoms with Crippen LogP contribution in [0.2, 0.25) is 5.15 Å². The first-order chi connectivity index (χ1) is 11.3. The van der Waals surface area contributed by atoms with Crippen molar-refractivity contribution in [3.63, 3.8) is 0 Å². The molecule has 8 heteroatoms. The van der Waals surface area contributed by atoms with E-state index in [1.807, 2.05) is 0 Å². The Morgan fingerprint density at radius 2 is 1.79 bits per heavy atom. The minimum absolute atomic E-state index is 0.0646. The molecule has 6 nitrogen and oxygen atoms in total. The van der Waals surface area contributed by atoms with Gasteiger partial charge in [0.2, 0.25) is 15.9 Å². The van der Waals surface area contributed by atoms with Crippen molar-refractivity contribution in [3.05, 3.63) is 59.4 Å². The van der Waals surface area contributed by atoms with E-state index in [0.29, 0.717) is 5.56 Å². The minimum atomic E-state index is -3.94. The van der Waals surface area contributed by atoms with Crippen molar-refractivity contribution in [2.45, 2.75) is 30.8 Å². The lowest BCUT2D eigenvalue weighted by Gasteiger charge is -2.20. The Morgan fingerprint density at radius 1 is 1.12 bits per heavy atom. The molecule has 0 aliphatic carbocycles. The molecule has 24 heavy (non-hydrogen) atoms. The Kier molecular flexibility index (Phi) is 5.93. The normalized spacial score (nSPS) is 12.8. The summed E-state index contributed by atoms with van der Waals surface area (Å²) in [5, 5.41) is 2.91. The molecule has 2 N–H and O–H groups in total. The van der Waals surface area contributed by atoms with Crippen LogP contribution in [0.3, 0.4) is 0 Å². The van der Waals surface area contributed by atoms with Crippen molar-refractivity contribution in [3.8, 4) is 0 Å². The fourth-order valence-corrected chi connectivity index (χ4v) is 3.27. The van der Waals surface area contributed by atoms with Gasteiger partial charge in [0.05, 0.1) is 0 Å². The number of nitrogens with zero attached hydrogens (tertiary/aromatic N) is 1. The highest BCUT2D eigenvalue weighted by molar-refractivity contribution is 7.89. The van der Waals surface area contributed by atoms with Crippen LogP contribution in [-0.4, -0.2) is 25.4 Å². The lowest BCUT2D eigenvalue weighted by molar-refractivity contribution is -0.123. The van der Waals surface area contributed by atoms with Crippen LogP contribution in [-0.2, 0) is 14.8 Å². The van der Waals surface area contributed by atoms with Gasteiger partial charge in [-0.25, -0.2) is 13.4 Å². The molecule has 1 aromatic carbocycles. The van der Waals surface area contributed by atoms with Crippen LogP contribution in [0.1, 0.15) is 25.5 Å². The van der Waals surface area contributed by atoms with Crippen LogP contribution in [0.15, 0.2) is 53.6 Å². The summed E-state index contributed by atoms with van der Waals surface area (Å²) >= 11 is 5.68. The molecule has 1 aromatic heterocycles. The number of pyridine rings is 1. The molecule has 2 rings (SSSR count). The Balaban J connectivity index is 2.34. The van der Waals surface area contributed by atoms with Gasteiger partial charge in [0, 0.05) is 12.2 Å². The monoisotopic (exact) mass is 367 g/mol. The van der Waals surface area contributed by atoms with Crippen LogP contribution < -0.4 is 10.0 Å². The third kappa shape index (κ3) is 4.77. The molecule has 128 valence electrons. The van der Waals surface area contributed by atoms with Gasteiger partial charge in [-0.15, -0.1) is 0 Å². The van der Waals surface area contributed by atoms with E-state index in [4.69, 9.17) is 11.6 Å². The second-order valence-electron chi connectivity index (χ2n) is 5.44. The molecule has 1 atom stereocenters. The van der Waals surface area contributed by atoms with Gasteiger partial charge in [-0.3, -0.25) is 4.79 Å². The zero-order valence-electron chi connectivity index (χ0n) is 13.2. The molecule has 0 bridgehead atoms. The van der Waals surface area contributed by atoms with Crippen molar-refractivity contribution >= 4 is 27.5 Å².